The van der Waals surface area contributed by atoms with Crippen molar-refractivity contribution >= 4 is 32.1 Å². The molecule has 0 nitrogen and oxygen atoms in total. The van der Waals surface area contributed by atoms with Crippen molar-refractivity contribution in [3.63, 3.8) is 0 Å². The second-order valence-corrected chi connectivity index (χ2v) is 32.3. The molecule has 212 valence electrons. The minimum atomic E-state index is -1.83. The highest BCUT2D eigenvalue weighted by atomic mass is 31.1. The van der Waals surface area contributed by atoms with E-state index >= 15 is 0 Å². The van der Waals surface area contributed by atoms with Crippen LogP contribution in [0.15, 0.2) is 0 Å². The Bertz CT molecular complexity index is 705. The summed E-state index contributed by atoms with van der Waals surface area (Å²) in [5.41, 5.74) is 29.3. The second-order valence-electron chi connectivity index (χ2n) is 14.2. The lowest BCUT2D eigenvalue weighted by Crippen LogP contribution is -2.43. The largest absolute Gasteiger partial charge is 0.146 e. The Balaban J connectivity index is 7.41. The van der Waals surface area contributed by atoms with Crippen molar-refractivity contribution in [1.82, 2.24) is 0 Å². The zero-order chi connectivity index (χ0) is 29.5. The molecule has 0 aromatic carbocycles. The first kappa shape index (κ1) is 36.8. The topological polar surface area (TPSA) is 0 Å². The quantitative estimate of drug-likeness (QED) is 0.146. The van der Waals surface area contributed by atoms with E-state index in [1.165, 1.54) is 0 Å². The maximum Gasteiger partial charge on any atom is 0.146 e. The van der Waals surface area contributed by atoms with Crippen molar-refractivity contribution in [3.8, 4) is 33.6 Å². The number of hydrogen-bond acceptors (Lipinski definition) is 0. The van der Waals surface area contributed by atoms with Crippen LogP contribution < -0.4 is 0 Å². The Kier molecular flexibility index (Phi) is 14.9. The van der Waals surface area contributed by atoms with E-state index in [0.29, 0.717) is 49.9 Å². The Hall–Kier alpha value is -0.239. The average Bonchev–Trinajstić information content (AvgIpc) is 2.71. The molecule has 0 aliphatic heterocycles. The van der Waals surface area contributed by atoms with Gasteiger partial charge in [0.2, 0.25) is 0 Å². The van der Waals surface area contributed by atoms with Crippen molar-refractivity contribution < 1.29 is 0 Å². The van der Waals surface area contributed by atoms with Crippen LogP contribution in [0.2, 0.25) is 49.9 Å². The Morgan fingerprint density at radius 1 is 0.297 bits per heavy atom. The third-order valence-corrected chi connectivity index (χ3v) is 30.3. The third kappa shape index (κ3) is 7.92. The van der Waals surface area contributed by atoms with Crippen LogP contribution in [0.4, 0.5) is 0 Å². The molecule has 0 heterocycles. The zero-order valence-corrected chi connectivity index (χ0v) is 32.0. The molecule has 0 fully saturated rings. The summed E-state index contributed by atoms with van der Waals surface area (Å²) < 4.78 is 0. The highest BCUT2D eigenvalue weighted by Gasteiger charge is 2.44. The Morgan fingerprint density at radius 2 is 0.432 bits per heavy atom. The van der Waals surface area contributed by atoms with Gasteiger partial charge in [0.05, 0.1) is 0 Å². The van der Waals surface area contributed by atoms with E-state index in [1.807, 2.05) is 0 Å². The summed E-state index contributed by atoms with van der Waals surface area (Å²) in [5, 5.41) is 0. The van der Waals surface area contributed by atoms with Gasteiger partial charge in [0.15, 0.2) is 0 Å². The lowest BCUT2D eigenvalue weighted by Gasteiger charge is -2.38. The maximum absolute atomic E-state index is 4.02. The Labute approximate surface area is 239 Å². The fourth-order valence-corrected chi connectivity index (χ4v) is 26.3. The van der Waals surface area contributed by atoms with E-state index in [4.69, 9.17) is 0 Å². The summed E-state index contributed by atoms with van der Waals surface area (Å²) in [7, 11) is -6.44. The van der Waals surface area contributed by atoms with Gasteiger partial charge < -0.3 is 0 Å². The number of hydrogen-bond donors (Lipinski definition) is 0. The zero-order valence-electron chi connectivity index (χ0n) is 28.1. The summed E-state index contributed by atoms with van der Waals surface area (Å²) in [6.45, 7) is 43.3. The molecule has 4 heteroatoms. The summed E-state index contributed by atoms with van der Waals surface area (Å²) in [4.78, 5) is 0. The molecule has 0 aliphatic rings. The van der Waals surface area contributed by atoms with Crippen molar-refractivity contribution in [2.24, 2.45) is 0 Å². The molecule has 0 radical (unpaired) electrons. The van der Waals surface area contributed by atoms with E-state index in [1.54, 1.807) is 0 Å². The molecule has 0 saturated heterocycles. The summed E-state index contributed by atoms with van der Waals surface area (Å²) >= 11 is 0. The first-order valence-electron chi connectivity index (χ1n) is 15.2. The third-order valence-electron chi connectivity index (χ3n) is 9.75. The van der Waals surface area contributed by atoms with Gasteiger partial charge in [0.25, 0.3) is 0 Å². The van der Waals surface area contributed by atoms with Gasteiger partial charge in [0, 0.05) is 0 Å². The SMILES string of the molecule is CC(C)[Si](C#CP(C#C[Si](C(C)C)(C(C)C)C(C)C)C#C[Si](C(C)C)(C(C)C)C(C)C)(C(C)C)C(C)C. The molecule has 0 atom stereocenters. The van der Waals surface area contributed by atoms with Gasteiger partial charge in [-0.2, -0.15) is 0 Å². The van der Waals surface area contributed by atoms with Gasteiger partial charge in [-0.25, -0.2) is 0 Å². The van der Waals surface area contributed by atoms with Crippen LogP contribution in [0.25, 0.3) is 0 Å². The standard InChI is InChI=1S/C33H63PSi3/c1-25(2)35(26(3)4,27(5)6)22-19-34(20-23-36(28(7)8,29(9)10)30(11)12)21-24-37(31(13)14,32(15)16)33(17)18/h25-33H,1-18H3. The van der Waals surface area contributed by atoms with E-state index in [9.17, 15) is 0 Å². The van der Waals surface area contributed by atoms with Gasteiger partial charge in [-0.3, -0.25) is 0 Å². The molecule has 0 unspecified atom stereocenters. The molecule has 0 aliphatic carbocycles. The lowest BCUT2D eigenvalue weighted by atomic mass is 10.5. The molecule has 0 rings (SSSR count). The van der Waals surface area contributed by atoms with Crippen LogP contribution in [0.1, 0.15) is 125 Å². The second kappa shape index (κ2) is 15.0. The van der Waals surface area contributed by atoms with Crippen LogP contribution in [0.3, 0.4) is 0 Å². The molecule has 0 N–H and O–H groups in total. The molecule has 0 aromatic rings. The molecular formula is C33H63PSi3. The highest BCUT2D eigenvalue weighted by molar-refractivity contribution is 7.73. The fraction of sp³-hybridized carbons (Fsp3) is 0.818. The lowest BCUT2D eigenvalue weighted by molar-refractivity contribution is 0.838. The smallest absolute Gasteiger partial charge is 0.124 e. The van der Waals surface area contributed by atoms with Gasteiger partial charge >= 0.3 is 0 Å². The van der Waals surface area contributed by atoms with Crippen LogP contribution >= 0.6 is 7.92 Å². The van der Waals surface area contributed by atoms with Gasteiger partial charge in [-0.15, -0.1) is 16.6 Å². The van der Waals surface area contributed by atoms with Gasteiger partial charge in [-0.05, 0) is 49.9 Å². The van der Waals surface area contributed by atoms with E-state index in [2.05, 4.69) is 158 Å². The van der Waals surface area contributed by atoms with E-state index < -0.39 is 32.1 Å². The number of rotatable bonds is 9. The van der Waals surface area contributed by atoms with Gasteiger partial charge in [0.1, 0.15) is 32.1 Å². The summed E-state index contributed by atoms with van der Waals surface area (Å²) in [6.07, 6.45) is 0. The molecule has 0 bridgehead atoms. The summed E-state index contributed by atoms with van der Waals surface area (Å²) in [5.74, 6) is 0. The molecule has 0 spiro atoms. The van der Waals surface area contributed by atoms with Gasteiger partial charge in [-0.1, -0.05) is 142 Å². The summed E-state index contributed by atoms with van der Waals surface area (Å²) in [6, 6.07) is 0. The van der Waals surface area contributed by atoms with E-state index in [0.717, 1.165) is 0 Å². The minimum Gasteiger partial charge on any atom is -0.124 e. The van der Waals surface area contributed by atoms with Crippen molar-refractivity contribution in [1.29, 1.82) is 0 Å². The first-order valence-corrected chi connectivity index (χ1v) is 23.2. The monoisotopic (exact) mass is 574 g/mol. The molecule has 0 aromatic heterocycles. The average molecular weight is 575 g/mol. The van der Waals surface area contributed by atoms with Crippen LogP contribution in [0.5, 0.6) is 0 Å². The fourth-order valence-electron chi connectivity index (χ4n) is 7.84. The van der Waals surface area contributed by atoms with Crippen molar-refractivity contribution in [2.45, 2.75) is 174 Å². The van der Waals surface area contributed by atoms with Crippen molar-refractivity contribution in [2.75, 3.05) is 0 Å². The van der Waals surface area contributed by atoms with Crippen LogP contribution in [0, 0.1) is 33.6 Å². The Morgan fingerprint density at radius 3 is 0.541 bits per heavy atom. The molecule has 0 amide bonds. The van der Waals surface area contributed by atoms with Crippen molar-refractivity contribution in [3.05, 3.63) is 0 Å². The molecule has 37 heavy (non-hydrogen) atoms. The minimum absolute atomic E-state index is 0.628. The van der Waals surface area contributed by atoms with E-state index in [-0.39, 0.29) is 0 Å². The highest BCUT2D eigenvalue weighted by Crippen LogP contribution is 2.45. The molecule has 0 saturated carbocycles. The predicted molar refractivity (Wildman–Crippen MR) is 183 cm³/mol. The normalized spacial score (nSPS) is 13.3. The van der Waals surface area contributed by atoms with Crippen LogP contribution in [-0.4, -0.2) is 24.2 Å². The predicted octanol–water partition coefficient (Wildman–Crippen LogP) is 12.0. The maximum atomic E-state index is 4.02. The first-order chi connectivity index (χ1) is 16.8. The van der Waals surface area contributed by atoms with Crippen LogP contribution in [-0.2, 0) is 0 Å². The molecular weight excluding hydrogens is 512 g/mol.